The van der Waals surface area contributed by atoms with Crippen LogP contribution in [0.4, 0.5) is 11.5 Å². The number of nitrogens with one attached hydrogen (secondary N) is 2. The Balaban J connectivity index is 1.47. The van der Waals surface area contributed by atoms with Crippen molar-refractivity contribution in [1.82, 2.24) is 14.7 Å². The second-order valence-corrected chi connectivity index (χ2v) is 9.31. The van der Waals surface area contributed by atoms with Gasteiger partial charge in [0.25, 0.3) is 0 Å². The molecule has 8 heteroatoms. The van der Waals surface area contributed by atoms with Crippen molar-refractivity contribution in [2.75, 3.05) is 11.6 Å². The number of benzene rings is 3. The van der Waals surface area contributed by atoms with Crippen LogP contribution >= 0.6 is 0 Å². The van der Waals surface area contributed by atoms with Gasteiger partial charge in [0.15, 0.2) is 0 Å². The van der Waals surface area contributed by atoms with Gasteiger partial charge in [0.1, 0.15) is 24.5 Å². The molecule has 4 rings (SSSR count). The summed E-state index contributed by atoms with van der Waals surface area (Å²) >= 11 is 0. The molecule has 168 valence electrons. The molecule has 1 aromatic heterocycles. The third-order valence-corrected chi connectivity index (χ3v) is 5.50. The van der Waals surface area contributed by atoms with Crippen LogP contribution in [0.5, 0.6) is 5.75 Å². The van der Waals surface area contributed by atoms with E-state index in [-0.39, 0.29) is 6.54 Å². The molecular formula is C25H24N4O3S. The van der Waals surface area contributed by atoms with Gasteiger partial charge in [-0.05, 0) is 35.4 Å². The van der Waals surface area contributed by atoms with E-state index in [1.165, 1.54) is 6.33 Å². The quantitative estimate of drug-likeness (QED) is 0.382. The Morgan fingerprint density at radius 3 is 2.33 bits per heavy atom. The third kappa shape index (κ3) is 6.61. The van der Waals surface area contributed by atoms with Crippen molar-refractivity contribution in [3.8, 4) is 17.0 Å². The van der Waals surface area contributed by atoms with E-state index in [0.717, 1.165) is 40.1 Å². The van der Waals surface area contributed by atoms with Crippen molar-refractivity contribution in [3.63, 3.8) is 0 Å². The van der Waals surface area contributed by atoms with E-state index in [4.69, 9.17) is 4.74 Å². The number of anilines is 2. The zero-order chi connectivity index (χ0) is 23.1. The van der Waals surface area contributed by atoms with Crippen LogP contribution in [-0.2, 0) is 23.2 Å². The number of nitrogens with zero attached hydrogens (tertiary/aromatic N) is 2. The van der Waals surface area contributed by atoms with E-state index in [9.17, 15) is 8.42 Å². The lowest BCUT2D eigenvalue weighted by atomic mass is 10.1. The molecule has 0 fully saturated rings. The lowest BCUT2D eigenvalue weighted by Crippen LogP contribution is -2.21. The summed E-state index contributed by atoms with van der Waals surface area (Å²) in [6.07, 6.45) is 2.65. The maximum absolute atomic E-state index is 11.3. The molecule has 0 spiro atoms. The predicted octanol–water partition coefficient (Wildman–Crippen LogP) is 4.52. The van der Waals surface area contributed by atoms with Gasteiger partial charge in [0.2, 0.25) is 10.0 Å². The van der Waals surface area contributed by atoms with E-state index in [2.05, 4.69) is 20.0 Å². The molecule has 7 nitrogen and oxygen atoms in total. The highest BCUT2D eigenvalue weighted by Crippen LogP contribution is 2.30. The van der Waals surface area contributed by atoms with Gasteiger partial charge in [-0.2, -0.15) is 0 Å². The predicted molar refractivity (Wildman–Crippen MR) is 130 cm³/mol. The van der Waals surface area contributed by atoms with Crippen LogP contribution < -0.4 is 14.8 Å². The lowest BCUT2D eigenvalue weighted by molar-refractivity contribution is 0.307. The van der Waals surface area contributed by atoms with Gasteiger partial charge in [-0.1, -0.05) is 54.6 Å². The summed E-state index contributed by atoms with van der Waals surface area (Å²) in [6.45, 7) is 0.713. The second-order valence-electron chi connectivity index (χ2n) is 7.47. The number of rotatable bonds is 9. The van der Waals surface area contributed by atoms with Gasteiger partial charge in [0, 0.05) is 23.9 Å². The number of hydrogen-bond acceptors (Lipinski definition) is 6. The molecule has 0 aliphatic heterocycles. The van der Waals surface area contributed by atoms with Crippen LogP contribution in [0.15, 0.2) is 91.3 Å². The molecule has 1 heterocycles. The first-order chi connectivity index (χ1) is 16.0. The molecule has 0 aliphatic rings. The smallest absolute Gasteiger partial charge is 0.209 e. The van der Waals surface area contributed by atoms with Crippen molar-refractivity contribution in [1.29, 1.82) is 0 Å². The minimum absolute atomic E-state index is 0.247. The fourth-order valence-corrected chi connectivity index (χ4v) is 3.61. The summed E-state index contributed by atoms with van der Waals surface area (Å²) in [6, 6.07) is 27.1. The van der Waals surface area contributed by atoms with Crippen molar-refractivity contribution in [2.45, 2.75) is 13.2 Å². The topological polar surface area (TPSA) is 93.2 Å². The van der Waals surface area contributed by atoms with Crippen LogP contribution in [0.1, 0.15) is 11.1 Å². The SMILES string of the molecule is CS(=O)(=O)NCc1ccc(Nc2cc(-c3ccccc3OCc3ccccc3)ncn2)cc1. The first-order valence-electron chi connectivity index (χ1n) is 10.3. The number of aromatic nitrogens is 2. The fourth-order valence-electron chi connectivity index (χ4n) is 3.18. The molecule has 0 aliphatic carbocycles. The number of sulfonamides is 1. The van der Waals surface area contributed by atoms with E-state index >= 15 is 0 Å². The van der Waals surface area contributed by atoms with Crippen LogP contribution in [0.2, 0.25) is 0 Å². The summed E-state index contributed by atoms with van der Waals surface area (Å²) in [5, 5.41) is 3.26. The summed E-state index contributed by atoms with van der Waals surface area (Å²) in [5.74, 6) is 1.38. The zero-order valence-corrected chi connectivity index (χ0v) is 18.9. The summed E-state index contributed by atoms with van der Waals surface area (Å²) in [5.41, 5.74) is 4.40. The molecule has 0 atom stereocenters. The van der Waals surface area contributed by atoms with E-state index < -0.39 is 10.0 Å². The normalized spacial score (nSPS) is 11.2. The Morgan fingerprint density at radius 2 is 1.58 bits per heavy atom. The molecule has 0 bridgehead atoms. The van der Waals surface area contributed by atoms with Gasteiger partial charge < -0.3 is 10.1 Å². The molecular weight excluding hydrogens is 436 g/mol. The number of hydrogen-bond donors (Lipinski definition) is 2. The minimum Gasteiger partial charge on any atom is -0.488 e. The molecule has 33 heavy (non-hydrogen) atoms. The van der Waals surface area contributed by atoms with Crippen molar-refractivity contribution >= 4 is 21.5 Å². The van der Waals surface area contributed by atoms with Gasteiger partial charge in [-0.3, -0.25) is 0 Å². The molecule has 0 saturated heterocycles. The maximum Gasteiger partial charge on any atom is 0.209 e. The highest BCUT2D eigenvalue weighted by Gasteiger charge is 2.09. The van der Waals surface area contributed by atoms with E-state index in [1.54, 1.807) is 0 Å². The number of para-hydroxylation sites is 1. The van der Waals surface area contributed by atoms with Crippen LogP contribution in [0.3, 0.4) is 0 Å². The number of ether oxygens (including phenoxy) is 1. The highest BCUT2D eigenvalue weighted by atomic mass is 32.2. The van der Waals surface area contributed by atoms with Gasteiger partial charge in [-0.25, -0.2) is 23.1 Å². The molecule has 3 aromatic carbocycles. The summed E-state index contributed by atoms with van der Waals surface area (Å²) in [7, 11) is -3.23. The van der Waals surface area contributed by atoms with Gasteiger partial charge in [-0.15, -0.1) is 0 Å². The summed E-state index contributed by atoms with van der Waals surface area (Å²) in [4.78, 5) is 8.75. The lowest BCUT2D eigenvalue weighted by Gasteiger charge is -2.12. The maximum atomic E-state index is 11.3. The molecule has 0 saturated carbocycles. The Bertz CT molecular complexity index is 1310. The molecule has 4 aromatic rings. The first kappa shape index (κ1) is 22.4. The average molecular weight is 461 g/mol. The van der Waals surface area contributed by atoms with Crippen molar-refractivity contribution < 1.29 is 13.2 Å². The Morgan fingerprint density at radius 1 is 0.848 bits per heavy atom. The fraction of sp³-hybridized carbons (Fsp3) is 0.120. The zero-order valence-electron chi connectivity index (χ0n) is 18.1. The van der Waals surface area contributed by atoms with Crippen LogP contribution in [-0.4, -0.2) is 24.6 Å². The Kier molecular flexibility index (Phi) is 6.97. The summed E-state index contributed by atoms with van der Waals surface area (Å²) < 4.78 is 31.0. The standard InChI is InChI=1S/C25H24N4O3S/c1-33(30,31)28-16-19-11-13-21(14-12-19)29-25-15-23(26-18-27-25)22-9-5-6-10-24(22)32-17-20-7-3-2-4-8-20/h2-15,18,28H,16-17H2,1H3,(H,26,27,29). The monoisotopic (exact) mass is 460 g/mol. The third-order valence-electron chi connectivity index (χ3n) is 4.83. The molecule has 2 N–H and O–H groups in total. The largest absolute Gasteiger partial charge is 0.488 e. The Hall–Kier alpha value is -3.75. The van der Waals surface area contributed by atoms with Crippen molar-refractivity contribution in [3.05, 3.63) is 102 Å². The highest BCUT2D eigenvalue weighted by molar-refractivity contribution is 7.88. The van der Waals surface area contributed by atoms with E-state index in [0.29, 0.717) is 12.4 Å². The van der Waals surface area contributed by atoms with Gasteiger partial charge >= 0.3 is 0 Å². The molecule has 0 amide bonds. The minimum atomic E-state index is -3.23. The van der Waals surface area contributed by atoms with Crippen molar-refractivity contribution in [2.24, 2.45) is 0 Å². The Labute approximate surface area is 193 Å². The first-order valence-corrected chi connectivity index (χ1v) is 12.2. The van der Waals surface area contributed by atoms with Crippen LogP contribution in [0, 0.1) is 0 Å². The average Bonchev–Trinajstić information content (AvgIpc) is 2.83. The molecule has 0 radical (unpaired) electrons. The molecule has 0 unspecified atom stereocenters. The van der Waals surface area contributed by atoms with E-state index in [1.807, 2.05) is 84.9 Å². The van der Waals surface area contributed by atoms with Gasteiger partial charge in [0.05, 0.1) is 11.9 Å². The van der Waals surface area contributed by atoms with Crippen LogP contribution in [0.25, 0.3) is 11.3 Å². The second kappa shape index (κ2) is 10.2.